The molecule has 0 atom stereocenters. The van der Waals surface area contributed by atoms with Gasteiger partial charge >= 0.3 is 5.97 Å². The molecule has 0 saturated heterocycles. The molecule has 1 aromatic carbocycles. The van der Waals surface area contributed by atoms with Crippen LogP contribution in [0.3, 0.4) is 0 Å². The fraction of sp³-hybridized carbons (Fsp3) is 0.0588. The summed E-state index contributed by atoms with van der Waals surface area (Å²) in [5.41, 5.74) is 1.87. The quantitative estimate of drug-likeness (QED) is 0.638. The molecule has 122 valence electrons. The van der Waals surface area contributed by atoms with Crippen molar-refractivity contribution in [2.75, 3.05) is 12.4 Å². The smallest absolute Gasteiger partial charge is 0.341 e. The molecule has 4 nitrogen and oxygen atoms in total. The molecule has 0 aliphatic carbocycles. The Morgan fingerprint density at radius 3 is 2.50 bits per heavy atom. The third-order valence-corrected chi connectivity index (χ3v) is 5.32. The SMILES string of the molecule is COC(=O)c1c(-c2ccc(Cl)cc2)csc1NC(=O)c1cccs1. The van der Waals surface area contributed by atoms with Crippen LogP contribution in [-0.2, 0) is 4.74 Å². The van der Waals surface area contributed by atoms with Crippen LogP contribution < -0.4 is 5.32 Å². The van der Waals surface area contributed by atoms with Crippen LogP contribution in [0.25, 0.3) is 11.1 Å². The third-order valence-electron chi connectivity index (χ3n) is 3.31. The van der Waals surface area contributed by atoms with E-state index in [0.717, 1.165) is 5.56 Å². The number of carbonyl (C=O) groups is 2. The average Bonchev–Trinajstić information content (AvgIpc) is 3.24. The first-order valence-corrected chi connectivity index (χ1v) is 9.04. The van der Waals surface area contributed by atoms with Crippen molar-refractivity contribution in [3.05, 3.63) is 62.6 Å². The van der Waals surface area contributed by atoms with Gasteiger partial charge < -0.3 is 10.1 Å². The maximum atomic E-state index is 12.3. The van der Waals surface area contributed by atoms with Gasteiger partial charge in [-0.25, -0.2) is 4.79 Å². The number of hydrogen-bond acceptors (Lipinski definition) is 5. The van der Waals surface area contributed by atoms with E-state index in [0.29, 0.717) is 26.0 Å². The Hall–Kier alpha value is -2.15. The highest BCUT2D eigenvalue weighted by molar-refractivity contribution is 7.15. The Balaban J connectivity index is 1.99. The van der Waals surface area contributed by atoms with E-state index in [1.165, 1.54) is 29.8 Å². The molecule has 3 aromatic rings. The lowest BCUT2D eigenvalue weighted by Crippen LogP contribution is -2.13. The second kappa shape index (κ2) is 7.17. The highest BCUT2D eigenvalue weighted by Crippen LogP contribution is 2.36. The zero-order valence-corrected chi connectivity index (χ0v) is 14.9. The number of ether oxygens (including phenoxy) is 1. The summed E-state index contributed by atoms with van der Waals surface area (Å²) < 4.78 is 4.89. The van der Waals surface area contributed by atoms with Gasteiger partial charge in [0, 0.05) is 16.0 Å². The largest absolute Gasteiger partial charge is 0.465 e. The number of thiophene rings is 2. The Bertz CT molecular complexity index is 870. The van der Waals surface area contributed by atoms with Crippen LogP contribution in [0.1, 0.15) is 20.0 Å². The molecular weight excluding hydrogens is 366 g/mol. The van der Waals surface area contributed by atoms with Crippen LogP contribution in [0.5, 0.6) is 0 Å². The van der Waals surface area contributed by atoms with E-state index < -0.39 is 5.97 Å². The minimum absolute atomic E-state index is 0.250. The highest BCUT2D eigenvalue weighted by atomic mass is 35.5. The molecule has 0 unspecified atom stereocenters. The van der Waals surface area contributed by atoms with Gasteiger partial charge in [0.1, 0.15) is 10.6 Å². The molecule has 7 heteroatoms. The van der Waals surface area contributed by atoms with Crippen LogP contribution in [0.4, 0.5) is 5.00 Å². The van der Waals surface area contributed by atoms with Gasteiger partial charge in [0.05, 0.1) is 12.0 Å². The Morgan fingerprint density at radius 1 is 1.12 bits per heavy atom. The normalized spacial score (nSPS) is 10.4. The number of benzene rings is 1. The molecule has 1 N–H and O–H groups in total. The lowest BCUT2D eigenvalue weighted by atomic mass is 10.0. The topological polar surface area (TPSA) is 55.4 Å². The van der Waals surface area contributed by atoms with Crippen LogP contribution in [-0.4, -0.2) is 19.0 Å². The summed E-state index contributed by atoms with van der Waals surface area (Å²) >= 11 is 8.54. The lowest BCUT2D eigenvalue weighted by Gasteiger charge is -2.07. The Labute approximate surface area is 151 Å². The van der Waals surface area contributed by atoms with Crippen molar-refractivity contribution in [2.24, 2.45) is 0 Å². The minimum Gasteiger partial charge on any atom is -0.465 e. The van der Waals surface area contributed by atoms with Crippen LogP contribution in [0, 0.1) is 0 Å². The molecule has 0 radical (unpaired) electrons. The first kappa shape index (κ1) is 16.7. The first-order valence-electron chi connectivity index (χ1n) is 6.90. The van der Waals surface area contributed by atoms with Gasteiger partial charge in [-0.3, -0.25) is 4.79 Å². The summed E-state index contributed by atoms with van der Waals surface area (Å²) in [6.45, 7) is 0. The minimum atomic E-state index is -0.498. The van der Waals surface area contributed by atoms with Gasteiger partial charge in [-0.1, -0.05) is 29.8 Å². The number of nitrogens with one attached hydrogen (secondary N) is 1. The fourth-order valence-electron chi connectivity index (χ4n) is 2.17. The van der Waals surface area contributed by atoms with Gasteiger partial charge in [0.15, 0.2) is 0 Å². The molecule has 2 heterocycles. The Kier molecular flexibility index (Phi) is 4.99. The van der Waals surface area contributed by atoms with Gasteiger partial charge in [-0.15, -0.1) is 22.7 Å². The second-order valence-corrected chi connectivity index (χ2v) is 7.05. The number of halogens is 1. The molecule has 0 aliphatic heterocycles. The number of carbonyl (C=O) groups excluding carboxylic acids is 2. The molecule has 3 rings (SSSR count). The number of hydrogen-bond donors (Lipinski definition) is 1. The predicted octanol–water partition coefficient (Wildman–Crippen LogP) is 5.17. The number of anilines is 1. The Morgan fingerprint density at radius 2 is 1.88 bits per heavy atom. The van der Waals surface area contributed by atoms with Crippen molar-refractivity contribution in [3.63, 3.8) is 0 Å². The highest BCUT2D eigenvalue weighted by Gasteiger charge is 2.22. The zero-order valence-electron chi connectivity index (χ0n) is 12.5. The van der Waals surface area contributed by atoms with Crippen molar-refractivity contribution in [1.29, 1.82) is 0 Å². The van der Waals surface area contributed by atoms with Crippen molar-refractivity contribution in [3.8, 4) is 11.1 Å². The van der Waals surface area contributed by atoms with Crippen LogP contribution in [0.2, 0.25) is 5.02 Å². The summed E-state index contributed by atoms with van der Waals surface area (Å²) in [4.78, 5) is 25.1. The summed E-state index contributed by atoms with van der Waals surface area (Å²) in [5, 5.41) is 7.51. The monoisotopic (exact) mass is 377 g/mol. The molecule has 0 fully saturated rings. The molecule has 24 heavy (non-hydrogen) atoms. The van der Waals surface area contributed by atoms with Crippen molar-refractivity contribution < 1.29 is 14.3 Å². The molecule has 0 bridgehead atoms. The molecule has 0 spiro atoms. The van der Waals surface area contributed by atoms with E-state index in [9.17, 15) is 9.59 Å². The van der Waals surface area contributed by atoms with E-state index in [2.05, 4.69) is 5.32 Å². The van der Waals surface area contributed by atoms with Crippen molar-refractivity contribution in [1.82, 2.24) is 0 Å². The summed E-state index contributed by atoms with van der Waals surface area (Å²) in [5.74, 6) is -0.748. The van der Waals surface area contributed by atoms with E-state index in [1.807, 2.05) is 22.9 Å². The summed E-state index contributed by atoms with van der Waals surface area (Å²) in [6.07, 6.45) is 0. The average molecular weight is 378 g/mol. The van der Waals surface area contributed by atoms with Crippen LogP contribution >= 0.6 is 34.3 Å². The van der Waals surface area contributed by atoms with Crippen LogP contribution in [0.15, 0.2) is 47.2 Å². The number of esters is 1. The van der Waals surface area contributed by atoms with Gasteiger partial charge in [-0.05, 0) is 29.1 Å². The maximum Gasteiger partial charge on any atom is 0.341 e. The summed E-state index contributed by atoms with van der Waals surface area (Å²) in [6, 6.07) is 10.7. The zero-order chi connectivity index (χ0) is 17.1. The number of amides is 1. The lowest BCUT2D eigenvalue weighted by molar-refractivity contribution is 0.0603. The van der Waals surface area contributed by atoms with Gasteiger partial charge in [-0.2, -0.15) is 0 Å². The molecule has 2 aromatic heterocycles. The molecule has 1 amide bonds. The fourth-order valence-corrected chi connectivity index (χ4v) is 3.87. The first-order chi connectivity index (χ1) is 11.6. The summed E-state index contributed by atoms with van der Waals surface area (Å²) in [7, 11) is 1.32. The standard InChI is InChI=1S/C17H12ClNO3S2/c1-22-17(21)14-12(10-4-6-11(18)7-5-10)9-24-16(14)19-15(20)13-3-2-8-23-13/h2-9H,1H3,(H,19,20). The van der Waals surface area contributed by atoms with Gasteiger partial charge in [0.25, 0.3) is 5.91 Å². The number of methoxy groups -OCH3 is 1. The maximum absolute atomic E-state index is 12.3. The molecule has 0 saturated carbocycles. The van der Waals surface area contributed by atoms with E-state index >= 15 is 0 Å². The van der Waals surface area contributed by atoms with E-state index in [-0.39, 0.29) is 5.91 Å². The van der Waals surface area contributed by atoms with E-state index in [1.54, 1.807) is 24.3 Å². The van der Waals surface area contributed by atoms with Crippen molar-refractivity contribution >= 4 is 51.2 Å². The van der Waals surface area contributed by atoms with E-state index in [4.69, 9.17) is 16.3 Å². The second-order valence-electron chi connectivity index (χ2n) is 4.78. The third kappa shape index (κ3) is 3.36. The van der Waals surface area contributed by atoms with Crippen molar-refractivity contribution in [2.45, 2.75) is 0 Å². The predicted molar refractivity (Wildman–Crippen MR) is 98.4 cm³/mol. The van der Waals surface area contributed by atoms with Gasteiger partial charge in [0.2, 0.25) is 0 Å². The number of rotatable bonds is 4. The molecular formula is C17H12ClNO3S2. The molecule has 0 aliphatic rings.